The molecule has 0 amide bonds. The zero-order chi connectivity index (χ0) is 19.2. The second-order valence-corrected chi connectivity index (χ2v) is 5.66. The molecule has 0 aliphatic heterocycles. The van der Waals surface area contributed by atoms with Crippen LogP contribution in [0, 0.1) is 10.1 Å². The van der Waals surface area contributed by atoms with Crippen LogP contribution in [0.15, 0.2) is 42.5 Å². The van der Waals surface area contributed by atoms with Gasteiger partial charge in [0.2, 0.25) is 0 Å². The molecule has 0 aliphatic carbocycles. The van der Waals surface area contributed by atoms with Gasteiger partial charge >= 0.3 is 0 Å². The molecule has 3 rings (SSSR count). The number of aromatic amines is 1. The van der Waals surface area contributed by atoms with E-state index in [0.29, 0.717) is 41.7 Å². The van der Waals surface area contributed by atoms with Crippen molar-refractivity contribution in [3.8, 4) is 22.9 Å². The molecule has 9 heteroatoms. The largest absolute Gasteiger partial charge is 0.493 e. The fourth-order valence-electron chi connectivity index (χ4n) is 2.57. The predicted octanol–water partition coefficient (Wildman–Crippen LogP) is 3.05. The van der Waals surface area contributed by atoms with Gasteiger partial charge in [0.15, 0.2) is 17.3 Å². The second-order valence-electron chi connectivity index (χ2n) is 5.66. The SMILES string of the molecule is COc1ccc(NCCc2nc(-c3cccc([N+](=O)[O-])c3)n[nH]2)cc1OC. The zero-order valence-corrected chi connectivity index (χ0v) is 14.9. The summed E-state index contributed by atoms with van der Waals surface area (Å²) in [6.07, 6.45) is 0.607. The van der Waals surface area contributed by atoms with Crippen LogP contribution in [0.1, 0.15) is 5.82 Å². The second kappa shape index (κ2) is 8.17. The van der Waals surface area contributed by atoms with Crippen LogP contribution in [0.2, 0.25) is 0 Å². The first-order valence-corrected chi connectivity index (χ1v) is 8.22. The van der Waals surface area contributed by atoms with Crippen LogP contribution < -0.4 is 14.8 Å². The third-order valence-electron chi connectivity index (χ3n) is 3.92. The molecule has 0 radical (unpaired) electrons. The van der Waals surface area contributed by atoms with E-state index in [1.165, 1.54) is 12.1 Å². The van der Waals surface area contributed by atoms with Crippen molar-refractivity contribution in [3.63, 3.8) is 0 Å². The fourth-order valence-corrected chi connectivity index (χ4v) is 2.57. The number of nitrogens with one attached hydrogen (secondary N) is 2. The van der Waals surface area contributed by atoms with Gasteiger partial charge in [-0.2, -0.15) is 5.10 Å². The number of aromatic nitrogens is 3. The standard InChI is InChI=1S/C18H19N5O4/c1-26-15-7-6-13(11-16(15)27-2)19-9-8-17-20-18(22-21-17)12-4-3-5-14(10-12)23(24)25/h3-7,10-11,19H,8-9H2,1-2H3,(H,20,21,22). The van der Waals surface area contributed by atoms with Gasteiger partial charge < -0.3 is 14.8 Å². The molecule has 0 unspecified atom stereocenters. The number of methoxy groups -OCH3 is 2. The summed E-state index contributed by atoms with van der Waals surface area (Å²) < 4.78 is 10.5. The number of nitro groups is 1. The Labute approximate surface area is 155 Å². The number of anilines is 1. The van der Waals surface area contributed by atoms with E-state index in [9.17, 15) is 10.1 Å². The Balaban J connectivity index is 1.62. The minimum Gasteiger partial charge on any atom is -0.493 e. The number of ether oxygens (including phenoxy) is 2. The molecular weight excluding hydrogens is 350 g/mol. The van der Waals surface area contributed by atoms with Crippen LogP contribution in [-0.2, 0) is 6.42 Å². The molecule has 1 aromatic heterocycles. The maximum Gasteiger partial charge on any atom is 0.270 e. The third kappa shape index (κ3) is 4.32. The quantitative estimate of drug-likeness (QED) is 0.463. The van der Waals surface area contributed by atoms with Gasteiger partial charge in [0.05, 0.1) is 19.1 Å². The highest BCUT2D eigenvalue weighted by molar-refractivity contribution is 5.59. The van der Waals surface area contributed by atoms with Crippen LogP contribution in [0.5, 0.6) is 11.5 Å². The summed E-state index contributed by atoms with van der Waals surface area (Å²) in [6.45, 7) is 0.624. The Kier molecular flexibility index (Phi) is 5.50. The van der Waals surface area contributed by atoms with E-state index in [-0.39, 0.29) is 5.69 Å². The number of non-ortho nitro benzene ring substituents is 1. The van der Waals surface area contributed by atoms with Crippen molar-refractivity contribution in [2.45, 2.75) is 6.42 Å². The van der Waals surface area contributed by atoms with Gasteiger partial charge in [-0.25, -0.2) is 4.98 Å². The lowest BCUT2D eigenvalue weighted by atomic mass is 10.2. The molecule has 0 aliphatic rings. The Bertz CT molecular complexity index is 941. The summed E-state index contributed by atoms with van der Waals surface area (Å²) >= 11 is 0. The summed E-state index contributed by atoms with van der Waals surface area (Å²) in [6, 6.07) is 11.8. The fraction of sp³-hybridized carbons (Fsp3) is 0.222. The topological polar surface area (TPSA) is 115 Å². The van der Waals surface area contributed by atoms with Crippen molar-refractivity contribution in [2.24, 2.45) is 0 Å². The van der Waals surface area contributed by atoms with E-state index in [4.69, 9.17) is 9.47 Å². The molecule has 27 heavy (non-hydrogen) atoms. The van der Waals surface area contributed by atoms with Gasteiger partial charge in [-0.15, -0.1) is 0 Å². The van der Waals surface area contributed by atoms with Crippen LogP contribution in [0.25, 0.3) is 11.4 Å². The average Bonchev–Trinajstić information content (AvgIpc) is 3.17. The minimum atomic E-state index is -0.440. The maximum absolute atomic E-state index is 10.9. The maximum atomic E-state index is 10.9. The number of hydrogen-bond acceptors (Lipinski definition) is 7. The molecule has 0 saturated carbocycles. The first-order valence-electron chi connectivity index (χ1n) is 8.22. The van der Waals surface area contributed by atoms with Crippen LogP contribution in [0.3, 0.4) is 0 Å². The van der Waals surface area contributed by atoms with Crippen LogP contribution in [0.4, 0.5) is 11.4 Å². The Morgan fingerprint density at radius 3 is 2.70 bits per heavy atom. The third-order valence-corrected chi connectivity index (χ3v) is 3.92. The highest BCUT2D eigenvalue weighted by atomic mass is 16.6. The first-order chi connectivity index (χ1) is 13.1. The number of benzene rings is 2. The monoisotopic (exact) mass is 369 g/mol. The molecule has 0 fully saturated rings. The van der Waals surface area contributed by atoms with Crippen molar-refractivity contribution < 1.29 is 14.4 Å². The van der Waals surface area contributed by atoms with Gasteiger partial charge in [0, 0.05) is 42.4 Å². The lowest BCUT2D eigenvalue weighted by molar-refractivity contribution is -0.384. The van der Waals surface area contributed by atoms with E-state index >= 15 is 0 Å². The van der Waals surface area contributed by atoms with E-state index < -0.39 is 4.92 Å². The Morgan fingerprint density at radius 2 is 1.96 bits per heavy atom. The summed E-state index contributed by atoms with van der Waals surface area (Å²) in [7, 11) is 3.18. The van der Waals surface area contributed by atoms with Gasteiger partial charge in [-0.3, -0.25) is 15.2 Å². The lowest BCUT2D eigenvalue weighted by Crippen LogP contribution is -2.06. The van der Waals surface area contributed by atoms with E-state index in [2.05, 4.69) is 20.5 Å². The van der Waals surface area contributed by atoms with Crippen molar-refractivity contribution in [1.82, 2.24) is 15.2 Å². The van der Waals surface area contributed by atoms with Crippen LogP contribution >= 0.6 is 0 Å². The molecule has 0 atom stereocenters. The Hall–Kier alpha value is -3.62. The average molecular weight is 369 g/mol. The van der Waals surface area contributed by atoms with Crippen molar-refractivity contribution in [1.29, 1.82) is 0 Å². The molecule has 9 nitrogen and oxygen atoms in total. The van der Waals surface area contributed by atoms with Gasteiger partial charge in [-0.1, -0.05) is 12.1 Å². The van der Waals surface area contributed by atoms with Crippen molar-refractivity contribution in [2.75, 3.05) is 26.1 Å². The number of rotatable bonds is 8. The van der Waals surface area contributed by atoms with Gasteiger partial charge in [0.25, 0.3) is 5.69 Å². The molecular formula is C18H19N5O4. The molecule has 2 aromatic carbocycles. The molecule has 0 spiro atoms. The summed E-state index contributed by atoms with van der Waals surface area (Å²) in [5, 5.41) is 21.2. The van der Waals surface area contributed by atoms with Crippen molar-refractivity contribution >= 4 is 11.4 Å². The minimum absolute atomic E-state index is 0.00831. The Morgan fingerprint density at radius 1 is 1.15 bits per heavy atom. The zero-order valence-electron chi connectivity index (χ0n) is 14.9. The van der Waals surface area contributed by atoms with Gasteiger partial charge in [-0.05, 0) is 12.1 Å². The summed E-state index contributed by atoms with van der Waals surface area (Å²) in [4.78, 5) is 14.8. The number of hydrogen-bond donors (Lipinski definition) is 2. The highest BCUT2D eigenvalue weighted by Gasteiger charge is 2.11. The first kappa shape index (κ1) is 18.2. The predicted molar refractivity (Wildman–Crippen MR) is 100 cm³/mol. The lowest BCUT2D eigenvalue weighted by Gasteiger charge is -2.10. The number of nitro benzene ring substituents is 1. The highest BCUT2D eigenvalue weighted by Crippen LogP contribution is 2.29. The molecule has 3 aromatic rings. The van der Waals surface area contributed by atoms with E-state index in [1.54, 1.807) is 26.4 Å². The summed E-state index contributed by atoms with van der Waals surface area (Å²) in [5.74, 6) is 2.43. The van der Waals surface area contributed by atoms with Gasteiger partial charge in [0.1, 0.15) is 5.82 Å². The molecule has 140 valence electrons. The van der Waals surface area contributed by atoms with Crippen LogP contribution in [-0.4, -0.2) is 40.9 Å². The summed E-state index contributed by atoms with van der Waals surface area (Å²) in [5.41, 5.74) is 1.50. The molecule has 0 bridgehead atoms. The molecule has 0 saturated heterocycles. The normalized spacial score (nSPS) is 10.4. The smallest absolute Gasteiger partial charge is 0.270 e. The van der Waals surface area contributed by atoms with E-state index in [0.717, 1.165) is 5.69 Å². The molecule has 2 N–H and O–H groups in total. The number of nitrogens with zero attached hydrogens (tertiary/aromatic N) is 3. The van der Waals surface area contributed by atoms with Crippen molar-refractivity contribution in [3.05, 3.63) is 58.4 Å². The van der Waals surface area contributed by atoms with E-state index in [1.807, 2.05) is 18.2 Å². The number of H-pyrrole nitrogens is 1. The molecule has 1 heterocycles.